The van der Waals surface area contributed by atoms with Crippen LogP contribution in [0.4, 0.5) is 0 Å². The molecule has 0 bridgehead atoms. The van der Waals surface area contributed by atoms with Gasteiger partial charge in [-0.25, -0.2) is 4.79 Å². The Morgan fingerprint density at radius 3 is 2.50 bits per heavy atom. The highest BCUT2D eigenvalue weighted by Gasteiger charge is 2.56. The number of hydrogen-bond acceptors (Lipinski definition) is 6. The summed E-state index contributed by atoms with van der Waals surface area (Å²) in [5.74, 6) is -2.64. The number of aliphatic carboxylic acids is 1. The molecule has 7 heteroatoms. The summed E-state index contributed by atoms with van der Waals surface area (Å²) in [4.78, 5) is 25.5. The Kier molecular flexibility index (Phi) is 9.36. The second kappa shape index (κ2) is 11.9. The number of carboxylic acids is 1. The molecule has 0 spiro atoms. The molecule has 0 radical (unpaired) electrons. The van der Waals surface area contributed by atoms with Crippen LogP contribution in [-0.2, 0) is 14.3 Å². The number of cyclic esters (lactones) is 1. The van der Waals surface area contributed by atoms with Crippen molar-refractivity contribution < 1.29 is 34.8 Å². The average molecular weight is 503 g/mol. The van der Waals surface area contributed by atoms with E-state index in [1.54, 1.807) is 25.2 Å². The molecule has 0 aromatic rings. The molecule has 2 aliphatic carbocycles. The van der Waals surface area contributed by atoms with Crippen molar-refractivity contribution in [1.82, 2.24) is 0 Å². The lowest BCUT2D eigenvalue weighted by Gasteiger charge is -2.52. The lowest BCUT2D eigenvalue weighted by molar-refractivity contribution is -0.172. The van der Waals surface area contributed by atoms with Gasteiger partial charge in [0.2, 0.25) is 0 Å². The second-order valence-electron chi connectivity index (χ2n) is 11.1. The molecule has 1 heterocycles. The molecular weight excluding hydrogens is 460 g/mol. The molecule has 9 atom stereocenters. The summed E-state index contributed by atoms with van der Waals surface area (Å²) in [7, 11) is 0. The van der Waals surface area contributed by atoms with E-state index in [0.29, 0.717) is 32.1 Å². The van der Waals surface area contributed by atoms with Crippen LogP contribution in [0.25, 0.3) is 0 Å². The standard InChI is InChI=1S/C29H42O7/c1-17-9-5-8-12-23-18(2)15-22-24(14-13-20(16-30)26(22)32)29(23,4)28(35)36-19(3)10-6-7-11-21(25(17)31)27(33)34/h5,8-9,11-12,15,17,19-20,22-26,30-32H,6-7,10,13-14,16H2,1-4H3,(H,33,34)/b9-5+,12-8+,21-11-. The van der Waals surface area contributed by atoms with E-state index in [2.05, 4.69) is 6.08 Å². The summed E-state index contributed by atoms with van der Waals surface area (Å²) in [5.41, 5.74) is 0.0627. The number of allylic oxidation sites excluding steroid dienone is 5. The van der Waals surface area contributed by atoms with E-state index in [1.807, 2.05) is 32.9 Å². The average Bonchev–Trinajstić information content (AvgIpc) is 2.82. The third-order valence-electron chi connectivity index (χ3n) is 8.61. The molecule has 9 unspecified atom stereocenters. The fourth-order valence-corrected chi connectivity index (χ4v) is 6.33. The maximum Gasteiger partial charge on any atom is 0.333 e. The van der Waals surface area contributed by atoms with E-state index < -0.39 is 29.5 Å². The van der Waals surface area contributed by atoms with Gasteiger partial charge in [-0.3, -0.25) is 4.79 Å². The maximum absolute atomic E-state index is 13.8. The summed E-state index contributed by atoms with van der Waals surface area (Å²) >= 11 is 0. The summed E-state index contributed by atoms with van der Waals surface area (Å²) in [6.45, 7) is 7.45. The maximum atomic E-state index is 13.8. The molecule has 0 aromatic heterocycles. The van der Waals surface area contributed by atoms with Crippen molar-refractivity contribution in [3.05, 3.63) is 47.6 Å². The molecule has 0 amide bonds. The van der Waals surface area contributed by atoms with Crippen LogP contribution in [0.2, 0.25) is 0 Å². The van der Waals surface area contributed by atoms with Crippen LogP contribution in [-0.4, -0.2) is 57.3 Å². The summed E-state index contributed by atoms with van der Waals surface area (Å²) in [5, 5.41) is 40.9. The van der Waals surface area contributed by atoms with Crippen LogP contribution in [0, 0.1) is 35.0 Å². The van der Waals surface area contributed by atoms with Gasteiger partial charge in [-0.2, -0.15) is 0 Å². The van der Waals surface area contributed by atoms with E-state index >= 15 is 0 Å². The molecule has 7 nitrogen and oxygen atoms in total. The van der Waals surface area contributed by atoms with Gasteiger partial charge in [0.1, 0.15) is 0 Å². The van der Waals surface area contributed by atoms with Crippen LogP contribution >= 0.6 is 0 Å². The molecule has 0 aromatic carbocycles. The molecule has 0 saturated heterocycles. The van der Waals surface area contributed by atoms with E-state index in [0.717, 1.165) is 5.57 Å². The van der Waals surface area contributed by atoms with Crippen molar-refractivity contribution in [3.8, 4) is 0 Å². The van der Waals surface area contributed by atoms with Gasteiger partial charge in [0, 0.05) is 30.3 Å². The highest BCUT2D eigenvalue weighted by atomic mass is 16.5. The van der Waals surface area contributed by atoms with E-state index in [-0.39, 0.29) is 47.9 Å². The smallest absolute Gasteiger partial charge is 0.333 e. The first-order valence-corrected chi connectivity index (χ1v) is 13.2. The van der Waals surface area contributed by atoms with Crippen molar-refractivity contribution in [2.24, 2.45) is 35.0 Å². The molecule has 1 fully saturated rings. The summed E-state index contributed by atoms with van der Waals surface area (Å²) in [6, 6.07) is 0. The fraction of sp³-hybridized carbons (Fsp3) is 0.655. The predicted molar refractivity (Wildman–Crippen MR) is 137 cm³/mol. The Hall–Kier alpha value is -2.22. The number of aliphatic hydroxyl groups excluding tert-OH is 3. The van der Waals surface area contributed by atoms with E-state index in [9.17, 15) is 30.0 Å². The van der Waals surface area contributed by atoms with Gasteiger partial charge in [0.05, 0.1) is 29.3 Å². The quantitative estimate of drug-likeness (QED) is 0.334. The number of carbonyl (C=O) groups excluding carboxylic acids is 1. The second-order valence-corrected chi connectivity index (χ2v) is 11.1. The third kappa shape index (κ3) is 5.68. The van der Waals surface area contributed by atoms with E-state index in [4.69, 9.17) is 4.74 Å². The third-order valence-corrected chi connectivity index (χ3v) is 8.61. The zero-order valence-electron chi connectivity index (χ0n) is 21.8. The Labute approximate surface area is 214 Å². The van der Waals surface area contributed by atoms with E-state index in [1.165, 1.54) is 0 Å². The zero-order valence-corrected chi connectivity index (χ0v) is 21.8. The molecule has 1 aliphatic heterocycles. The van der Waals surface area contributed by atoms with Gasteiger partial charge in [-0.1, -0.05) is 49.0 Å². The minimum absolute atomic E-state index is 0.0189. The zero-order chi connectivity index (χ0) is 26.6. The topological polar surface area (TPSA) is 124 Å². The number of fused-ring (bicyclic) bond motifs is 3. The Morgan fingerprint density at radius 1 is 1.14 bits per heavy atom. The minimum atomic E-state index is -1.13. The lowest BCUT2D eigenvalue weighted by Crippen LogP contribution is -2.55. The molecule has 3 rings (SSSR count). The Balaban J connectivity index is 2.01. The number of hydrogen-bond donors (Lipinski definition) is 4. The van der Waals surface area contributed by atoms with Crippen molar-refractivity contribution in [2.75, 3.05) is 6.61 Å². The Bertz CT molecular complexity index is 932. The van der Waals surface area contributed by atoms with Gasteiger partial charge in [-0.05, 0) is 58.8 Å². The largest absolute Gasteiger partial charge is 0.478 e. The van der Waals surface area contributed by atoms with Crippen molar-refractivity contribution in [1.29, 1.82) is 0 Å². The number of carbonyl (C=O) groups is 2. The highest BCUT2D eigenvalue weighted by molar-refractivity contribution is 5.87. The highest BCUT2D eigenvalue weighted by Crippen LogP contribution is 2.55. The predicted octanol–water partition coefficient (Wildman–Crippen LogP) is 3.80. The summed E-state index contributed by atoms with van der Waals surface area (Å²) in [6.07, 6.45) is 11.8. The van der Waals surface area contributed by atoms with Crippen molar-refractivity contribution >= 4 is 11.9 Å². The Morgan fingerprint density at radius 2 is 1.83 bits per heavy atom. The molecule has 1 saturated carbocycles. The van der Waals surface area contributed by atoms with Crippen LogP contribution < -0.4 is 0 Å². The van der Waals surface area contributed by atoms with Crippen LogP contribution in [0.5, 0.6) is 0 Å². The first kappa shape index (κ1) is 28.4. The number of ether oxygens (including phenoxy) is 1. The number of rotatable bonds is 2. The molecule has 36 heavy (non-hydrogen) atoms. The van der Waals surface area contributed by atoms with Gasteiger partial charge < -0.3 is 25.2 Å². The first-order chi connectivity index (χ1) is 17.0. The number of aliphatic hydroxyl groups is 3. The minimum Gasteiger partial charge on any atom is -0.478 e. The fourth-order valence-electron chi connectivity index (χ4n) is 6.33. The van der Waals surface area contributed by atoms with Crippen molar-refractivity contribution in [2.45, 2.75) is 78.1 Å². The lowest BCUT2D eigenvalue weighted by atomic mass is 9.52. The molecular formula is C29H42O7. The monoisotopic (exact) mass is 502 g/mol. The summed E-state index contributed by atoms with van der Waals surface area (Å²) < 4.78 is 5.99. The van der Waals surface area contributed by atoms with Gasteiger partial charge in [0.15, 0.2) is 0 Å². The number of esters is 1. The van der Waals surface area contributed by atoms with Gasteiger partial charge >= 0.3 is 11.9 Å². The van der Waals surface area contributed by atoms with Gasteiger partial charge in [-0.15, -0.1) is 0 Å². The van der Waals surface area contributed by atoms with Crippen LogP contribution in [0.1, 0.15) is 59.8 Å². The first-order valence-electron chi connectivity index (χ1n) is 13.2. The molecule has 200 valence electrons. The van der Waals surface area contributed by atoms with Crippen LogP contribution in [0.3, 0.4) is 0 Å². The SMILES string of the molecule is CC1=CC2C(O)C(CO)CCC2C2(C)C(=O)OC(C)CCC/C=C(\C(=O)O)C(O)C(C)/C=C/C=C/C12. The number of carboxylic acid groups (broad SMARTS) is 1. The van der Waals surface area contributed by atoms with Crippen LogP contribution in [0.15, 0.2) is 47.6 Å². The van der Waals surface area contributed by atoms with Crippen molar-refractivity contribution in [3.63, 3.8) is 0 Å². The molecule has 3 aliphatic rings. The molecule has 4 N–H and O–H groups in total. The van der Waals surface area contributed by atoms with Gasteiger partial charge in [0.25, 0.3) is 0 Å². The normalized spacial score (nSPS) is 43.6.